The molecule has 16 N–H and O–H groups in total. The zero-order valence-electron chi connectivity index (χ0n) is 42.1. The van der Waals surface area contributed by atoms with Gasteiger partial charge in [-0.3, -0.25) is 52.7 Å². The molecule has 70 heavy (non-hydrogen) atoms. The predicted octanol–water partition coefficient (Wildman–Crippen LogP) is -2.10. The monoisotopic (exact) mass is 998 g/mol. The lowest BCUT2D eigenvalue weighted by Crippen LogP contribution is -2.61. The Kier molecular flexibility index (Phi) is 28.8. The highest BCUT2D eigenvalue weighted by Crippen LogP contribution is 2.14. The van der Waals surface area contributed by atoms with Crippen molar-refractivity contribution in [3.8, 4) is 0 Å². The van der Waals surface area contributed by atoms with Crippen LogP contribution in [0.25, 0.3) is 0 Å². The molecule has 0 aliphatic heterocycles. The van der Waals surface area contributed by atoms with Crippen LogP contribution in [0.1, 0.15) is 133 Å². The number of hydrogen-bond donors (Lipinski definition) is 13. The van der Waals surface area contributed by atoms with Crippen LogP contribution >= 0.6 is 0 Å². The van der Waals surface area contributed by atoms with Crippen molar-refractivity contribution in [2.75, 3.05) is 0 Å². The van der Waals surface area contributed by atoms with Gasteiger partial charge in [-0.15, -0.1) is 0 Å². The number of carbonyl (C=O) groups is 12. The van der Waals surface area contributed by atoms with Crippen LogP contribution in [0.15, 0.2) is 0 Å². The van der Waals surface area contributed by atoms with E-state index in [9.17, 15) is 67.7 Å². The lowest BCUT2D eigenvalue weighted by molar-refractivity contribution is -0.143. The minimum Gasteiger partial charge on any atom is -0.481 e. The Labute approximate surface area is 409 Å². The van der Waals surface area contributed by atoms with Crippen molar-refractivity contribution in [3.63, 3.8) is 0 Å². The van der Waals surface area contributed by atoms with E-state index in [0.29, 0.717) is 0 Å². The highest BCUT2D eigenvalue weighted by atomic mass is 16.4. The molecule has 0 saturated heterocycles. The van der Waals surface area contributed by atoms with E-state index in [1.54, 1.807) is 55.4 Å². The van der Waals surface area contributed by atoms with Crippen molar-refractivity contribution in [2.24, 2.45) is 40.9 Å². The molecule has 10 atom stereocenters. The fraction of sp³-hybridized carbons (Fsp3) is 0.733. The first-order chi connectivity index (χ1) is 32.4. The normalized spacial score (nSPS) is 15.5. The van der Waals surface area contributed by atoms with Crippen molar-refractivity contribution in [1.29, 1.82) is 0 Å². The van der Waals surface area contributed by atoms with Crippen molar-refractivity contribution in [1.82, 2.24) is 42.5 Å². The first kappa shape index (κ1) is 63.6. The molecule has 0 fully saturated rings. The van der Waals surface area contributed by atoms with Crippen molar-refractivity contribution in [3.05, 3.63) is 0 Å². The van der Waals surface area contributed by atoms with Gasteiger partial charge in [-0.25, -0.2) is 4.79 Å². The molecular formula is C45H79N11O14. The van der Waals surface area contributed by atoms with Gasteiger partial charge in [-0.05, 0) is 76.0 Å². The van der Waals surface area contributed by atoms with E-state index in [1.807, 2.05) is 0 Å². The van der Waals surface area contributed by atoms with Gasteiger partial charge in [-0.1, -0.05) is 61.8 Å². The molecule has 0 aromatic heterocycles. The quantitative estimate of drug-likeness (QED) is 0.0328. The summed E-state index contributed by atoms with van der Waals surface area (Å²) in [6.45, 7) is 16.5. The predicted molar refractivity (Wildman–Crippen MR) is 254 cm³/mol. The summed E-state index contributed by atoms with van der Waals surface area (Å²) >= 11 is 0. The number of nitrogens with two attached hydrogens (primary N) is 3. The number of amides is 10. The molecule has 0 aliphatic rings. The van der Waals surface area contributed by atoms with Gasteiger partial charge in [0.2, 0.25) is 59.1 Å². The first-order valence-corrected chi connectivity index (χ1v) is 23.6. The van der Waals surface area contributed by atoms with Crippen LogP contribution in [0, 0.1) is 23.7 Å². The van der Waals surface area contributed by atoms with E-state index in [4.69, 9.17) is 17.2 Å². The van der Waals surface area contributed by atoms with Crippen LogP contribution in [-0.2, 0) is 57.5 Å². The second-order valence-electron chi connectivity index (χ2n) is 18.9. The molecule has 25 nitrogen and oxygen atoms in total. The largest absolute Gasteiger partial charge is 0.481 e. The summed E-state index contributed by atoms with van der Waals surface area (Å²) in [6.07, 6.45) is -2.01. The van der Waals surface area contributed by atoms with Crippen LogP contribution in [-0.4, -0.2) is 136 Å². The summed E-state index contributed by atoms with van der Waals surface area (Å²) < 4.78 is 0. The maximum Gasteiger partial charge on any atom is 0.326 e. The number of carboxylic acid groups (broad SMARTS) is 2. The zero-order valence-corrected chi connectivity index (χ0v) is 42.1. The highest BCUT2D eigenvalue weighted by Gasteiger charge is 2.36. The number of rotatable bonds is 34. The van der Waals surface area contributed by atoms with Gasteiger partial charge in [0.05, 0.1) is 6.04 Å². The van der Waals surface area contributed by atoms with Gasteiger partial charge in [0.15, 0.2) is 0 Å². The molecule has 0 unspecified atom stereocenters. The maximum atomic E-state index is 14.0. The fourth-order valence-corrected chi connectivity index (χ4v) is 6.76. The van der Waals surface area contributed by atoms with Crippen LogP contribution in [0.4, 0.5) is 0 Å². The van der Waals surface area contributed by atoms with Gasteiger partial charge in [0.1, 0.15) is 48.3 Å². The molecular weight excluding hydrogens is 919 g/mol. The average molecular weight is 998 g/mol. The summed E-state index contributed by atoms with van der Waals surface area (Å²) in [7, 11) is 0. The zero-order chi connectivity index (χ0) is 54.2. The third-order valence-corrected chi connectivity index (χ3v) is 10.9. The number of nitrogens with one attached hydrogen (secondary N) is 8. The second kappa shape index (κ2) is 31.7. The second-order valence-corrected chi connectivity index (χ2v) is 18.9. The van der Waals surface area contributed by atoms with Crippen molar-refractivity contribution >= 4 is 71.0 Å². The summed E-state index contributed by atoms with van der Waals surface area (Å²) in [5, 5.41) is 39.0. The number of carbonyl (C=O) groups excluding carboxylic acids is 10. The molecule has 25 heteroatoms. The summed E-state index contributed by atoms with van der Waals surface area (Å²) in [6, 6.07) is -12.1. The number of primary amides is 2. The van der Waals surface area contributed by atoms with Crippen molar-refractivity contribution in [2.45, 2.75) is 188 Å². The van der Waals surface area contributed by atoms with E-state index in [2.05, 4.69) is 42.5 Å². The number of aliphatic carboxylic acids is 2. The molecule has 398 valence electrons. The summed E-state index contributed by atoms with van der Waals surface area (Å²) in [5.74, 6) is -12.4. The molecule has 0 aliphatic carbocycles. The Morgan fingerprint density at radius 2 is 0.743 bits per heavy atom. The summed E-state index contributed by atoms with van der Waals surface area (Å²) in [4.78, 5) is 155. The van der Waals surface area contributed by atoms with Crippen molar-refractivity contribution < 1.29 is 67.7 Å². The van der Waals surface area contributed by atoms with Gasteiger partial charge >= 0.3 is 11.9 Å². The molecule has 0 aromatic carbocycles. The van der Waals surface area contributed by atoms with Gasteiger partial charge in [0, 0.05) is 19.3 Å². The van der Waals surface area contributed by atoms with Crippen LogP contribution in [0.3, 0.4) is 0 Å². The number of hydrogen-bond acceptors (Lipinski definition) is 13. The summed E-state index contributed by atoms with van der Waals surface area (Å²) in [5.41, 5.74) is 16.3. The van der Waals surface area contributed by atoms with E-state index in [0.717, 1.165) is 0 Å². The Morgan fingerprint density at radius 1 is 0.414 bits per heavy atom. The first-order valence-electron chi connectivity index (χ1n) is 23.6. The molecule has 0 saturated carbocycles. The molecule has 0 aromatic rings. The molecule has 0 bridgehead atoms. The highest BCUT2D eigenvalue weighted by molar-refractivity contribution is 5.98. The topological polar surface area (TPSA) is 420 Å². The Morgan fingerprint density at radius 3 is 1.10 bits per heavy atom. The lowest BCUT2D eigenvalue weighted by atomic mass is 9.97. The molecule has 0 heterocycles. The van der Waals surface area contributed by atoms with Gasteiger partial charge in [-0.2, -0.15) is 0 Å². The van der Waals surface area contributed by atoms with E-state index in [1.165, 1.54) is 13.8 Å². The SMILES string of the molecule is CC[C@H](C)[C@H](NC(=O)[C@H](C)NC(=O)[C@H](CCC(N)=O)NC(=O)[C@H](CC(C)C)NC(=O)[C@H](C)N)C(=O)N[C@@H](CCC(=O)O)C(=O)N[C@@H](CC(C)C)C(=O)N[C@@H](CCC(N)=O)C(=O)N[C@@H](CC(C)C)C(=O)O. The van der Waals surface area contributed by atoms with E-state index < -0.39 is 144 Å². The number of carboxylic acids is 2. The molecule has 0 spiro atoms. The molecule has 0 rings (SSSR count). The average Bonchev–Trinajstić information content (AvgIpc) is 3.24. The maximum absolute atomic E-state index is 14.0. The smallest absolute Gasteiger partial charge is 0.326 e. The minimum absolute atomic E-state index is 0.0443. The van der Waals surface area contributed by atoms with Crippen LogP contribution < -0.4 is 59.7 Å². The van der Waals surface area contributed by atoms with Gasteiger partial charge in [0.25, 0.3) is 0 Å². The van der Waals surface area contributed by atoms with E-state index in [-0.39, 0.29) is 69.1 Å². The Balaban J connectivity index is 6.55. The lowest BCUT2D eigenvalue weighted by Gasteiger charge is -2.29. The van der Waals surface area contributed by atoms with Crippen LogP contribution in [0.5, 0.6) is 0 Å². The Bertz CT molecular complexity index is 1840. The van der Waals surface area contributed by atoms with Gasteiger partial charge < -0.3 is 69.9 Å². The molecule has 0 radical (unpaired) electrons. The third-order valence-electron chi connectivity index (χ3n) is 10.9. The van der Waals surface area contributed by atoms with Crippen LogP contribution in [0.2, 0.25) is 0 Å². The minimum atomic E-state index is -1.61. The Hall–Kier alpha value is -6.40. The molecule has 10 amide bonds. The third kappa shape index (κ3) is 25.3. The standard InChI is InChI=1S/C45H79N11O14/c1-11-24(8)36(56-38(62)26(10)49-39(63)27(12-15-33(47)57)50-42(66)30(18-21(2)3)53-37(61)25(9)46)44(68)52-29(14-17-35(59)60)40(64)54-31(19-22(4)5)43(67)51-28(13-16-34(48)58)41(65)55-32(45(69)70)20-23(6)7/h21-32,36H,11-20,46H2,1-10H3,(H2,47,57)(H2,48,58)(H,49,63)(H,50,66)(H,51,67)(H,52,68)(H,53,61)(H,54,64)(H,55,65)(H,56,62)(H,59,60)(H,69,70)/t24-,25-,26-,27-,28-,29-,30-,31-,32-,36-/m0/s1. The van der Waals surface area contributed by atoms with E-state index >= 15 is 0 Å². The fourth-order valence-electron chi connectivity index (χ4n) is 6.76.